The van der Waals surface area contributed by atoms with E-state index in [0.717, 1.165) is 41.8 Å². The highest BCUT2D eigenvalue weighted by Gasteiger charge is 2.33. The fraction of sp³-hybridized carbons (Fsp3) is 0.632. The van der Waals surface area contributed by atoms with Crippen molar-refractivity contribution in [1.29, 1.82) is 0 Å². The molecule has 1 saturated carbocycles. The second-order valence-corrected chi connectivity index (χ2v) is 9.54. The monoisotopic (exact) mass is 415 g/mol. The quantitative estimate of drug-likeness (QED) is 0.798. The van der Waals surface area contributed by atoms with E-state index in [-0.39, 0.29) is 31.6 Å². The zero-order chi connectivity index (χ0) is 20.3. The Bertz CT molecular complexity index is 790. The van der Waals surface area contributed by atoms with Crippen molar-refractivity contribution in [2.45, 2.75) is 43.5 Å². The van der Waals surface area contributed by atoms with Crippen LogP contribution in [-0.2, 0) is 14.8 Å². The van der Waals surface area contributed by atoms with Crippen molar-refractivity contribution in [3.05, 3.63) is 29.8 Å². The molecule has 2 unspecified atom stereocenters. The molecular formula is C19H27F2N3O3S. The molecular weight excluding hydrogens is 388 g/mol. The van der Waals surface area contributed by atoms with Gasteiger partial charge in [0.1, 0.15) is 11.6 Å². The molecule has 1 amide bonds. The Kier molecular flexibility index (Phi) is 6.67. The molecule has 28 heavy (non-hydrogen) atoms. The number of halogens is 2. The van der Waals surface area contributed by atoms with Gasteiger partial charge in [-0.2, -0.15) is 4.31 Å². The van der Waals surface area contributed by atoms with Crippen LogP contribution in [-0.4, -0.2) is 62.3 Å². The van der Waals surface area contributed by atoms with Gasteiger partial charge >= 0.3 is 0 Å². The van der Waals surface area contributed by atoms with Gasteiger partial charge in [0, 0.05) is 32.2 Å². The van der Waals surface area contributed by atoms with Crippen molar-refractivity contribution in [2.75, 3.05) is 32.7 Å². The molecule has 2 fully saturated rings. The van der Waals surface area contributed by atoms with Crippen molar-refractivity contribution in [2.24, 2.45) is 5.92 Å². The van der Waals surface area contributed by atoms with E-state index in [0.29, 0.717) is 19.0 Å². The normalized spacial score (nSPS) is 24.8. The molecule has 1 aliphatic heterocycles. The first-order valence-corrected chi connectivity index (χ1v) is 11.2. The van der Waals surface area contributed by atoms with Gasteiger partial charge in [0.25, 0.3) is 0 Å². The van der Waals surface area contributed by atoms with Gasteiger partial charge in [-0.15, -0.1) is 0 Å². The van der Waals surface area contributed by atoms with Gasteiger partial charge in [-0.25, -0.2) is 17.2 Å². The van der Waals surface area contributed by atoms with Gasteiger partial charge in [-0.05, 0) is 30.9 Å². The van der Waals surface area contributed by atoms with E-state index in [1.54, 1.807) is 0 Å². The maximum atomic E-state index is 13.9. The minimum Gasteiger partial charge on any atom is -0.352 e. The lowest BCUT2D eigenvalue weighted by atomic mass is 9.86. The third-order valence-corrected chi connectivity index (χ3v) is 7.62. The largest absolute Gasteiger partial charge is 0.352 e. The molecule has 0 bridgehead atoms. The number of carbonyl (C=O) groups is 1. The Balaban J connectivity index is 1.55. The summed E-state index contributed by atoms with van der Waals surface area (Å²) < 4.78 is 54.1. The summed E-state index contributed by atoms with van der Waals surface area (Å²) in [5.74, 6) is -1.78. The summed E-state index contributed by atoms with van der Waals surface area (Å²) in [6.45, 7) is 3.19. The highest BCUT2D eigenvalue weighted by molar-refractivity contribution is 7.89. The average molecular weight is 416 g/mol. The highest BCUT2D eigenvalue weighted by atomic mass is 32.2. The third-order valence-electron chi connectivity index (χ3n) is 5.67. The molecule has 6 nitrogen and oxygen atoms in total. The first-order valence-electron chi connectivity index (χ1n) is 9.75. The van der Waals surface area contributed by atoms with Gasteiger partial charge < -0.3 is 5.32 Å². The number of piperazine rings is 1. The summed E-state index contributed by atoms with van der Waals surface area (Å²) in [7, 11) is -4.25. The topological polar surface area (TPSA) is 69.7 Å². The first-order chi connectivity index (χ1) is 13.3. The molecule has 9 heteroatoms. The standard InChI is InChI=1S/C19H27F2N3O3S/c1-14-5-2-3-8-17(14)22-18(25)13-23-9-11-24(12-10-23)28(26,27)19-15(20)6-4-7-16(19)21/h4,6-7,14,17H,2-3,5,8-13H2,1H3,(H,22,25). The summed E-state index contributed by atoms with van der Waals surface area (Å²) in [4.78, 5) is 13.3. The summed E-state index contributed by atoms with van der Waals surface area (Å²) in [6.07, 6.45) is 4.44. The van der Waals surface area contributed by atoms with E-state index in [1.807, 2.05) is 4.90 Å². The molecule has 2 atom stereocenters. The van der Waals surface area contributed by atoms with Crippen LogP contribution in [0.4, 0.5) is 8.78 Å². The van der Waals surface area contributed by atoms with Crippen LogP contribution in [0, 0.1) is 17.6 Å². The fourth-order valence-electron chi connectivity index (χ4n) is 3.97. The van der Waals surface area contributed by atoms with Crippen LogP contribution < -0.4 is 5.32 Å². The van der Waals surface area contributed by atoms with Crippen molar-refractivity contribution >= 4 is 15.9 Å². The van der Waals surface area contributed by atoms with Crippen LogP contribution in [0.25, 0.3) is 0 Å². The van der Waals surface area contributed by atoms with E-state index >= 15 is 0 Å². The lowest BCUT2D eigenvalue weighted by molar-refractivity contribution is -0.123. The second kappa shape index (κ2) is 8.84. The van der Waals surface area contributed by atoms with Crippen molar-refractivity contribution in [3.8, 4) is 0 Å². The Morgan fingerprint density at radius 3 is 2.32 bits per heavy atom. The Labute approximate surface area is 164 Å². The van der Waals surface area contributed by atoms with E-state index < -0.39 is 26.6 Å². The Morgan fingerprint density at radius 2 is 1.71 bits per heavy atom. The molecule has 2 aliphatic rings. The van der Waals surface area contributed by atoms with Gasteiger partial charge in [0.2, 0.25) is 15.9 Å². The number of rotatable bonds is 5. The van der Waals surface area contributed by atoms with Crippen LogP contribution in [0.2, 0.25) is 0 Å². The summed E-state index contributed by atoms with van der Waals surface area (Å²) in [5, 5.41) is 3.09. The van der Waals surface area contributed by atoms with Crippen LogP contribution in [0.5, 0.6) is 0 Å². The second-order valence-electron chi connectivity index (χ2n) is 7.67. The predicted octanol–water partition coefficient (Wildman–Crippen LogP) is 1.97. The summed E-state index contributed by atoms with van der Waals surface area (Å²) in [6, 6.07) is 3.20. The molecule has 1 N–H and O–H groups in total. The molecule has 0 spiro atoms. The minimum absolute atomic E-state index is 0.0600. The van der Waals surface area contributed by atoms with Crippen LogP contribution in [0.15, 0.2) is 23.1 Å². The molecule has 156 valence electrons. The summed E-state index contributed by atoms with van der Waals surface area (Å²) >= 11 is 0. The van der Waals surface area contributed by atoms with E-state index in [9.17, 15) is 22.0 Å². The molecule has 1 heterocycles. The molecule has 0 aromatic heterocycles. The van der Waals surface area contributed by atoms with E-state index in [1.165, 1.54) is 6.42 Å². The van der Waals surface area contributed by atoms with Crippen molar-refractivity contribution in [3.63, 3.8) is 0 Å². The Morgan fingerprint density at radius 1 is 1.11 bits per heavy atom. The fourth-order valence-corrected chi connectivity index (χ4v) is 5.50. The number of carbonyl (C=O) groups excluding carboxylic acids is 1. The number of hydrogen-bond donors (Lipinski definition) is 1. The molecule has 0 radical (unpaired) electrons. The van der Waals surface area contributed by atoms with Crippen molar-refractivity contribution < 1.29 is 22.0 Å². The number of nitrogens with one attached hydrogen (secondary N) is 1. The molecule has 1 saturated heterocycles. The molecule has 1 aromatic carbocycles. The maximum Gasteiger partial charge on any atom is 0.249 e. The smallest absolute Gasteiger partial charge is 0.249 e. The third kappa shape index (κ3) is 4.69. The van der Waals surface area contributed by atoms with E-state index in [2.05, 4.69) is 12.2 Å². The Hall–Kier alpha value is -1.58. The number of benzene rings is 1. The zero-order valence-corrected chi connectivity index (χ0v) is 16.9. The number of nitrogens with zero attached hydrogens (tertiary/aromatic N) is 2. The number of hydrogen-bond acceptors (Lipinski definition) is 4. The molecule has 1 aromatic rings. The zero-order valence-electron chi connectivity index (χ0n) is 16.0. The molecule has 1 aliphatic carbocycles. The van der Waals surface area contributed by atoms with Gasteiger partial charge in [0.05, 0.1) is 6.54 Å². The van der Waals surface area contributed by atoms with Gasteiger partial charge in [-0.3, -0.25) is 9.69 Å². The van der Waals surface area contributed by atoms with Gasteiger partial charge in [-0.1, -0.05) is 25.8 Å². The van der Waals surface area contributed by atoms with Crippen LogP contribution in [0.3, 0.4) is 0 Å². The minimum atomic E-state index is -4.25. The summed E-state index contributed by atoms with van der Waals surface area (Å²) in [5.41, 5.74) is 0. The molecule has 3 rings (SSSR count). The first kappa shape index (κ1) is 21.1. The predicted molar refractivity (Wildman–Crippen MR) is 101 cm³/mol. The van der Waals surface area contributed by atoms with Crippen LogP contribution >= 0.6 is 0 Å². The van der Waals surface area contributed by atoms with E-state index in [4.69, 9.17) is 0 Å². The van der Waals surface area contributed by atoms with Crippen molar-refractivity contribution in [1.82, 2.24) is 14.5 Å². The van der Waals surface area contributed by atoms with Gasteiger partial charge in [0.15, 0.2) is 4.90 Å². The lowest BCUT2D eigenvalue weighted by Crippen LogP contribution is -2.52. The SMILES string of the molecule is CC1CCCCC1NC(=O)CN1CCN(S(=O)(=O)c2c(F)cccc2F)CC1. The number of sulfonamides is 1. The lowest BCUT2D eigenvalue weighted by Gasteiger charge is -2.34. The van der Waals surface area contributed by atoms with Crippen LogP contribution in [0.1, 0.15) is 32.6 Å². The average Bonchev–Trinajstić information content (AvgIpc) is 2.64. The highest BCUT2D eigenvalue weighted by Crippen LogP contribution is 2.25. The maximum absolute atomic E-state index is 13.9. The number of amides is 1.